The third-order valence-electron chi connectivity index (χ3n) is 2.35. The molecule has 106 valence electrons. The Morgan fingerprint density at radius 2 is 2.00 bits per heavy atom. The number of halogens is 2. The van der Waals surface area contributed by atoms with Crippen molar-refractivity contribution < 1.29 is 18.3 Å². The van der Waals surface area contributed by atoms with Crippen LogP contribution in [-0.4, -0.2) is 25.2 Å². The van der Waals surface area contributed by atoms with Gasteiger partial charge >= 0.3 is 5.97 Å². The lowest BCUT2D eigenvalue weighted by molar-refractivity contribution is -0.137. The fraction of sp³-hybridized carbons (Fsp3) is 0.364. The minimum absolute atomic E-state index is 0.0196. The first-order valence-corrected chi connectivity index (χ1v) is 7.80. The summed E-state index contributed by atoms with van der Waals surface area (Å²) in [7, 11) is -3.67. The van der Waals surface area contributed by atoms with Crippen molar-refractivity contribution in [1.29, 1.82) is 0 Å². The van der Waals surface area contributed by atoms with Crippen LogP contribution < -0.4 is 4.72 Å². The van der Waals surface area contributed by atoms with Crippen LogP contribution >= 0.6 is 23.2 Å². The summed E-state index contributed by atoms with van der Waals surface area (Å²) in [5.74, 6) is -1.35. The lowest BCUT2D eigenvalue weighted by Crippen LogP contribution is -2.18. The van der Waals surface area contributed by atoms with E-state index in [1.165, 1.54) is 6.07 Å². The number of hydrogen-bond acceptors (Lipinski definition) is 3. The molecule has 0 amide bonds. The fourth-order valence-electron chi connectivity index (χ4n) is 1.37. The van der Waals surface area contributed by atoms with E-state index >= 15 is 0 Å². The summed E-state index contributed by atoms with van der Waals surface area (Å²) in [4.78, 5) is 10.3. The van der Waals surface area contributed by atoms with E-state index in [4.69, 9.17) is 28.3 Å². The zero-order valence-electron chi connectivity index (χ0n) is 10.1. The number of anilines is 1. The van der Waals surface area contributed by atoms with Crippen molar-refractivity contribution in [3.63, 3.8) is 0 Å². The van der Waals surface area contributed by atoms with Gasteiger partial charge in [-0.15, -0.1) is 0 Å². The first-order chi connectivity index (χ1) is 8.73. The number of carboxylic acids is 1. The Balaban J connectivity index is 2.84. The molecule has 1 aromatic carbocycles. The van der Waals surface area contributed by atoms with Crippen LogP contribution in [0.5, 0.6) is 0 Å². The molecule has 0 saturated carbocycles. The van der Waals surface area contributed by atoms with E-state index in [1.54, 1.807) is 13.0 Å². The second-order valence-corrected chi connectivity index (χ2v) is 6.60. The number of aryl methyl sites for hydroxylation is 1. The number of nitrogens with one attached hydrogen (secondary N) is 1. The second kappa shape index (κ2) is 6.45. The topological polar surface area (TPSA) is 83.5 Å². The van der Waals surface area contributed by atoms with Gasteiger partial charge in [-0.1, -0.05) is 29.3 Å². The lowest BCUT2D eigenvalue weighted by atomic mass is 10.2. The second-order valence-electron chi connectivity index (χ2n) is 3.97. The molecule has 5 nitrogen and oxygen atoms in total. The van der Waals surface area contributed by atoms with Crippen molar-refractivity contribution in [2.45, 2.75) is 19.8 Å². The SMILES string of the molecule is Cc1ccc(Cl)c(NS(=O)(=O)CCCC(=O)O)c1Cl. The van der Waals surface area contributed by atoms with Gasteiger partial charge in [0, 0.05) is 6.42 Å². The van der Waals surface area contributed by atoms with E-state index in [2.05, 4.69) is 4.72 Å². The Morgan fingerprint density at radius 1 is 1.37 bits per heavy atom. The summed E-state index contributed by atoms with van der Waals surface area (Å²) in [6, 6.07) is 3.21. The van der Waals surface area contributed by atoms with Crippen molar-refractivity contribution in [3.8, 4) is 0 Å². The maximum atomic E-state index is 11.8. The maximum Gasteiger partial charge on any atom is 0.303 e. The van der Waals surface area contributed by atoms with Crippen LogP contribution in [0.2, 0.25) is 10.0 Å². The maximum absolute atomic E-state index is 11.8. The van der Waals surface area contributed by atoms with Gasteiger partial charge in [-0.2, -0.15) is 0 Å². The van der Waals surface area contributed by atoms with Crippen molar-refractivity contribution >= 4 is 44.9 Å². The van der Waals surface area contributed by atoms with Gasteiger partial charge < -0.3 is 5.11 Å². The molecule has 0 aliphatic carbocycles. The molecule has 0 bridgehead atoms. The Hall–Kier alpha value is -0.980. The highest BCUT2D eigenvalue weighted by atomic mass is 35.5. The number of benzene rings is 1. The van der Waals surface area contributed by atoms with E-state index < -0.39 is 16.0 Å². The highest BCUT2D eigenvalue weighted by Crippen LogP contribution is 2.33. The molecule has 0 fully saturated rings. The van der Waals surface area contributed by atoms with Gasteiger partial charge in [0.25, 0.3) is 0 Å². The summed E-state index contributed by atoms with van der Waals surface area (Å²) in [5, 5.41) is 8.89. The zero-order valence-corrected chi connectivity index (χ0v) is 12.4. The summed E-state index contributed by atoms with van der Waals surface area (Å²) in [6.45, 7) is 1.72. The Morgan fingerprint density at radius 3 is 2.58 bits per heavy atom. The quantitative estimate of drug-likeness (QED) is 0.842. The molecule has 0 spiro atoms. The van der Waals surface area contributed by atoms with Gasteiger partial charge in [0.1, 0.15) is 0 Å². The first-order valence-electron chi connectivity index (χ1n) is 5.40. The Labute approximate surface area is 121 Å². The fourth-order valence-corrected chi connectivity index (χ4v) is 3.10. The zero-order chi connectivity index (χ0) is 14.6. The molecular weight excluding hydrogens is 313 g/mol. The van der Waals surface area contributed by atoms with Crippen molar-refractivity contribution in [2.75, 3.05) is 10.5 Å². The normalized spacial score (nSPS) is 11.3. The Kier molecular flexibility index (Phi) is 5.46. The van der Waals surface area contributed by atoms with E-state index in [9.17, 15) is 13.2 Å². The Bertz CT molecular complexity index is 587. The minimum Gasteiger partial charge on any atom is -0.481 e. The van der Waals surface area contributed by atoms with E-state index in [0.717, 1.165) is 0 Å². The summed E-state index contributed by atoms with van der Waals surface area (Å²) >= 11 is 11.9. The van der Waals surface area contributed by atoms with Crippen LogP contribution in [-0.2, 0) is 14.8 Å². The molecule has 2 N–H and O–H groups in total. The molecule has 0 aromatic heterocycles. The molecular formula is C11H13Cl2NO4S. The predicted octanol–water partition coefficient (Wildman–Crippen LogP) is 2.91. The molecule has 0 heterocycles. The van der Waals surface area contributed by atoms with Gasteiger partial charge in [-0.05, 0) is 25.0 Å². The van der Waals surface area contributed by atoms with Crippen LogP contribution in [0.15, 0.2) is 12.1 Å². The average Bonchev–Trinajstić information content (AvgIpc) is 2.29. The van der Waals surface area contributed by atoms with E-state index in [0.29, 0.717) is 5.56 Å². The molecule has 19 heavy (non-hydrogen) atoms. The molecule has 0 aliphatic rings. The van der Waals surface area contributed by atoms with Crippen molar-refractivity contribution in [2.24, 2.45) is 0 Å². The molecule has 0 unspecified atom stereocenters. The smallest absolute Gasteiger partial charge is 0.303 e. The first kappa shape index (κ1) is 16.1. The van der Waals surface area contributed by atoms with Gasteiger partial charge in [0.2, 0.25) is 10.0 Å². The van der Waals surface area contributed by atoms with Crippen LogP contribution in [0.1, 0.15) is 18.4 Å². The number of carbonyl (C=O) groups is 1. The van der Waals surface area contributed by atoms with Crippen LogP contribution in [0.4, 0.5) is 5.69 Å². The highest BCUT2D eigenvalue weighted by Gasteiger charge is 2.16. The molecule has 0 radical (unpaired) electrons. The van der Waals surface area contributed by atoms with Crippen LogP contribution in [0, 0.1) is 6.92 Å². The lowest BCUT2D eigenvalue weighted by Gasteiger charge is -2.12. The number of sulfonamides is 1. The molecule has 0 atom stereocenters. The molecule has 8 heteroatoms. The third kappa shape index (κ3) is 4.89. The monoisotopic (exact) mass is 325 g/mol. The molecule has 0 aliphatic heterocycles. The van der Waals surface area contributed by atoms with Gasteiger partial charge in [0.15, 0.2) is 0 Å². The van der Waals surface area contributed by atoms with Gasteiger partial charge in [-0.25, -0.2) is 8.42 Å². The molecule has 0 saturated heterocycles. The largest absolute Gasteiger partial charge is 0.481 e. The molecule has 1 aromatic rings. The number of hydrogen-bond donors (Lipinski definition) is 2. The van der Waals surface area contributed by atoms with E-state index in [1.807, 2.05) is 0 Å². The average molecular weight is 326 g/mol. The predicted molar refractivity (Wildman–Crippen MR) is 75.5 cm³/mol. The minimum atomic E-state index is -3.67. The number of carboxylic acid groups (broad SMARTS) is 1. The summed E-state index contributed by atoms with van der Waals surface area (Å²) in [5.41, 5.74) is 0.813. The van der Waals surface area contributed by atoms with Crippen molar-refractivity contribution in [1.82, 2.24) is 0 Å². The summed E-state index contributed by atoms with van der Waals surface area (Å²) < 4.78 is 25.8. The van der Waals surface area contributed by atoms with Crippen LogP contribution in [0.25, 0.3) is 0 Å². The van der Waals surface area contributed by atoms with Crippen molar-refractivity contribution in [3.05, 3.63) is 27.7 Å². The van der Waals surface area contributed by atoms with Gasteiger partial charge in [0.05, 0.1) is 21.5 Å². The third-order valence-corrected chi connectivity index (χ3v) is 4.49. The highest BCUT2D eigenvalue weighted by molar-refractivity contribution is 7.92. The number of rotatable bonds is 6. The molecule has 1 rings (SSSR count). The van der Waals surface area contributed by atoms with E-state index in [-0.39, 0.29) is 34.3 Å². The van der Waals surface area contributed by atoms with Crippen LogP contribution in [0.3, 0.4) is 0 Å². The van der Waals surface area contributed by atoms with Gasteiger partial charge in [-0.3, -0.25) is 9.52 Å². The standard InChI is InChI=1S/C11H13Cl2NO4S/c1-7-4-5-8(12)11(10(7)13)14-19(17,18)6-2-3-9(15)16/h4-5,14H,2-3,6H2,1H3,(H,15,16). The summed E-state index contributed by atoms with van der Waals surface area (Å²) in [6.07, 6.45) is -0.193. The number of aliphatic carboxylic acids is 1.